The Balaban J connectivity index is 1.82. The van der Waals surface area contributed by atoms with Crippen LogP contribution in [0.25, 0.3) is 0 Å². The minimum Gasteiger partial charge on any atom is -0.457 e. The Morgan fingerprint density at radius 1 is 0.789 bits per heavy atom. The Kier molecular flexibility index (Phi) is 9.79. The van der Waals surface area contributed by atoms with E-state index in [0.29, 0.717) is 22.7 Å². The van der Waals surface area contributed by atoms with E-state index in [1.165, 1.54) is 0 Å². The predicted octanol–water partition coefficient (Wildman–Crippen LogP) is 3.56. The Labute approximate surface area is 220 Å². The topological polar surface area (TPSA) is 156 Å². The smallest absolute Gasteiger partial charge is 0.320 e. The van der Waals surface area contributed by atoms with Crippen LogP contribution in [0.15, 0.2) is 84.9 Å². The Morgan fingerprint density at radius 3 is 2.05 bits per heavy atom. The van der Waals surface area contributed by atoms with Crippen LogP contribution in [0.2, 0.25) is 0 Å². The largest absolute Gasteiger partial charge is 0.457 e. The number of nitriles is 2. The number of nitrogens with one attached hydrogen (secondary N) is 4. The van der Waals surface area contributed by atoms with Crippen molar-refractivity contribution < 1.29 is 19.1 Å². The number of nitrogens with zero attached hydrogens (tertiary/aromatic N) is 2. The van der Waals surface area contributed by atoms with Crippen LogP contribution in [0.1, 0.15) is 18.4 Å². The fraction of sp³-hybridized carbons (Fsp3) is 0.179. The molecule has 3 aromatic carbocycles. The zero-order chi connectivity index (χ0) is 27.2. The van der Waals surface area contributed by atoms with E-state index >= 15 is 0 Å². The van der Waals surface area contributed by atoms with Gasteiger partial charge in [-0.1, -0.05) is 48.5 Å². The maximum atomic E-state index is 13.4. The fourth-order valence-electron chi connectivity index (χ4n) is 3.54. The summed E-state index contributed by atoms with van der Waals surface area (Å²) >= 11 is 0. The third-order valence-electron chi connectivity index (χ3n) is 5.38. The number of rotatable bonds is 11. The second kappa shape index (κ2) is 13.7. The second-order valence-corrected chi connectivity index (χ2v) is 8.07. The molecule has 0 spiro atoms. The Morgan fingerprint density at radius 2 is 1.42 bits per heavy atom. The van der Waals surface area contributed by atoms with Gasteiger partial charge in [0.1, 0.15) is 17.9 Å². The van der Waals surface area contributed by atoms with Gasteiger partial charge in [0.15, 0.2) is 5.54 Å². The molecule has 0 fully saturated rings. The molecular formula is C28H26N6O4. The van der Waals surface area contributed by atoms with E-state index < -0.39 is 29.8 Å². The number of benzene rings is 3. The number of hydrogen-bond donors (Lipinski definition) is 4. The van der Waals surface area contributed by atoms with E-state index in [4.69, 9.17) is 15.3 Å². The summed E-state index contributed by atoms with van der Waals surface area (Å²) < 4.78 is 5.76. The number of hydrogen-bond acceptors (Lipinski definition) is 6. The van der Waals surface area contributed by atoms with Crippen molar-refractivity contribution in [2.45, 2.75) is 18.4 Å². The van der Waals surface area contributed by atoms with Gasteiger partial charge < -0.3 is 26.0 Å². The van der Waals surface area contributed by atoms with Crippen LogP contribution in [0.5, 0.6) is 11.5 Å². The van der Waals surface area contributed by atoms with Crippen molar-refractivity contribution in [2.75, 3.05) is 18.4 Å². The molecule has 0 aliphatic rings. The molecule has 0 radical (unpaired) electrons. The molecule has 3 aromatic rings. The van der Waals surface area contributed by atoms with Crippen LogP contribution >= 0.6 is 0 Å². The van der Waals surface area contributed by atoms with E-state index in [-0.39, 0.29) is 19.5 Å². The van der Waals surface area contributed by atoms with Crippen molar-refractivity contribution in [1.29, 1.82) is 10.5 Å². The molecule has 0 bridgehead atoms. The van der Waals surface area contributed by atoms with Gasteiger partial charge in [0.2, 0.25) is 5.91 Å². The molecular weight excluding hydrogens is 484 g/mol. The number of amides is 4. The third-order valence-corrected chi connectivity index (χ3v) is 5.38. The lowest BCUT2D eigenvalue weighted by atomic mass is 9.88. The van der Waals surface area contributed by atoms with E-state index in [1.54, 1.807) is 60.7 Å². The van der Waals surface area contributed by atoms with Gasteiger partial charge >= 0.3 is 6.03 Å². The summed E-state index contributed by atoms with van der Waals surface area (Å²) in [6, 6.07) is 27.3. The number of anilines is 1. The lowest BCUT2D eigenvalue weighted by Crippen LogP contribution is -2.62. The maximum absolute atomic E-state index is 13.4. The first-order chi connectivity index (χ1) is 18.5. The van der Waals surface area contributed by atoms with Crippen LogP contribution in [0, 0.1) is 22.7 Å². The molecule has 0 aliphatic heterocycles. The summed E-state index contributed by atoms with van der Waals surface area (Å²) in [5.41, 5.74) is -0.904. The molecule has 10 heteroatoms. The lowest BCUT2D eigenvalue weighted by molar-refractivity contribution is -0.128. The summed E-state index contributed by atoms with van der Waals surface area (Å²) in [5, 5.41) is 28.3. The summed E-state index contributed by atoms with van der Waals surface area (Å²) in [5.74, 6) is 0.00382. The number of ether oxygens (including phenoxy) is 1. The highest BCUT2D eigenvalue weighted by Gasteiger charge is 2.42. The van der Waals surface area contributed by atoms with E-state index in [1.807, 2.05) is 36.4 Å². The molecule has 38 heavy (non-hydrogen) atoms. The molecule has 10 nitrogen and oxygen atoms in total. The van der Waals surface area contributed by atoms with Crippen molar-refractivity contribution in [2.24, 2.45) is 0 Å². The molecule has 0 aromatic heterocycles. The molecule has 0 saturated heterocycles. The van der Waals surface area contributed by atoms with Crippen molar-refractivity contribution in [3.05, 3.63) is 90.5 Å². The van der Waals surface area contributed by atoms with Crippen LogP contribution in [0.3, 0.4) is 0 Å². The normalized spacial score (nSPS) is 11.5. The molecule has 1 unspecified atom stereocenters. The number of urea groups is 1. The van der Waals surface area contributed by atoms with Crippen molar-refractivity contribution in [3.8, 4) is 23.6 Å². The summed E-state index contributed by atoms with van der Waals surface area (Å²) in [6.07, 6.45) is -0.356. The molecule has 0 saturated carbocycles. The minimum absolute atomic E-state index is 0.0439. The van der Waals surface area contributed by atoms with Gasteiger partial charge in [-0.3, -0.25) is 9.59 Å². The van der Waals surface area contributed by atoms with Gasteiger partial charge in [-0.15, -0.1) is 0 Å². The maximum Gasteiger partial charge on any atom is 0.320 e. The number of carbonyl (C=O) groups excluding carboxylic acids is 3. The van der Waals surface area contributed by atoms with Gasteiger partial charge in [0.05, 0.1) is 25.1 Å². The zero-order valence-electron chi connectivity index (χ0n) is 20.4. The van der Waals surface area contributed by atoms with Crippen LogP contribution in [0.4, 0.5) is 10.5 Å². The molecule has 1 atom stereocenters. The molecule has 4 N–H and O–H groups in total. The molecule has 0 aliphatic carbocycles. The van der Waals surface area contributed by atoms with Gasteiger partial charge in [-0.2, -0.15) is 10.5 Å². The van der Waals surface area contributed by atoms with E-state index in [9.17, 15) is 14.4 Å². The molecule has 4 amide bonds. The van der Waals surface area contributed by atoms with Crippen LogP contribution < -0.4 is 26.0 Å². The minimum atomic E-state index is -1.73. The molecule has 0 heterocycles. The average Bonchev–Trinajstić information content (AvgIpc) is 2.93. The predicted molar refractivity (Wildman–Crippen MR) is 140 cm³/mol. The summed E-state index contributed by atoms with van der Waals surface area (Å²) in [6.45, 7) is -0.282. The van der Waals surface area contributed by atoms with Gasteiger partial charge in [-0.05, 0) is 42.0 Å². The lowest BCUT2D eigenvalue weighted by Gasteiger charge is -2.34. The molecule has 192 valence electrons. The van der Waals surface area contributed by atoms with E-state index in [0.717, 1.165) is 0 Å². The van der Waals surface area contributed by atoms with Crippen LogP contribution in [-0.4, -0.2) is 30.9 Å². The highest BCUT2D eigenvalue weighted by atomic mass is 16.5. The highest BCUT2D eigenvalue weighted by molar-refractivity contribution is 5.97. The van der Waals surface area contributed by atoms with Gasteiger partial charge in [0.25, 0.3) is 5.91 Å². The molecule has 3 rings (SSSR count). The Bertz CT molecular complexity index is 1320. The second-order valence-electron chi connectivity index (χ2n) is 8.07. The quantitative estimate of drug-likeness (QED) is 0.289. The SMILES string of the molecule is N#CCCNC(=O)C(CNC(=O)CC#N)(NC(=O)Nc1ccc(Oc2ccccc2)cc1)c1ccccc1. The first-order valence-electron chi connectivity index (χ1n) is 11.7. The number of para-hydroxylation sites is 1. The first kappa shape index (κ1) is 27.2. The Hall–Kier alpha value is -5.35. The highest BCUT2D eigenvalue weighted by Crippen LogP contribution is 2.24. The number of carbonyl (C=O) groups is 3. The monoisotopic (exact) mass is 510 g/mol. The standard InChI is InChI=1S/C28H26N6O4/c29-17-7-19-31-26(36)28(20-32-25(35)16-18-30,21-8-3-1-4-9-21)34-27(37)33-22-12-14-24(15-13-22)38-23-10-5-2-6-11-23/h1-6,8-15H,7,16,19-20H2,(H,31,36)(H,32,35)(H2,33,34,37). The van der Waals surface area contributed by atoms with Crippen LogP contribution in [-0.2, 0) is 15.1 Å². The van der Waals surface area contributed by atoms with E-state index in [2.05, 4.69) is 21.3 Å². The summed E-state index contributed by atoms with van der Waals surface area (Å²) in [4.78, 5) is 38.6. The average molecular weight is 511 g/mol. The van der Waals surface area contributed by atoms with Crippen molar-refractivity contribution in [3.63, 3.8) is 0 Å². The first-order valence-corrected chi connectivity index (χ1v) is 11.7. The van der Waals surface area contributed by atoms with Crippen molar-refractivity contribution in [1.82, 2.24) is 16.0 Å². The van der Waals surface area contributed by atoms with Gasteiger partial charge in [0, 0.05) is 12.2 Å². The van der Waals surface area contributed by atoms with Crippen molar-refractivity contribution >= 4 is 23.5 Å². The van der Waals surface area contributed by atoms with Gasteiger partial charge in [-0.25, -0.2) is 4.79 Å². The third kappa shape index (κ3) is 7.57. The fourth-order valence-corrected chi connectivity index (χ4v) is 3.54. The summed E-state index contributed by atoms with van der Waals surface area (Å²) in [7, 11) is 0. The zero-order valence-corrected chi connectivity index (χ0v) is 20.4.